The van der Waals surface area contributed by atoms with E-state index < -0.39 is 0 Å². The van der Waals surface area contributed by atoms with Crippen LogP contribution in [0.1, 0.15) is 30.1 Å². The second-order valence-corrected chi connectivity index (χ2v) is 7.39. The summed E-state index contributed by atoms with van der Waals surface area (Å²) in [6.45, 7) is 3.38. The molecule has 146 valence electrons. The first kappa shape index (κ1) is 18.3. The number of likely N-dealkylation sites (tertiary alicyclic amines) is 1. The summed E-state index contributed by atoms with van der Waals surface area (Å²) in [5, 5.41) is 3.05. The van der Waals surface area contributed by atoms with Gasteiger partial charge in [-0.1, -0.05) is 24.3 Å². The van der Waals surface area contributed by atoms with Crippen LogP contribution in [0, 0.1) is 6.92 Å². The molecule has 1 aliphatic rings. The molecule has 1 atom stereocenters. The minimum absolute atomic E-state index is 0.0870. The second-order valence-electron chi connectivity index (χ2n) is 7.39. The summed E-state index contributed by atoms with van der Waals surface area (Å²) in [4.78, 5) is 19.7. The highest BCUT2D eigenvalue weighted by molar-refractivity contribution is 5.92. The molecule has 2 amide bonds. The summed E-state index contributed by atoms with van der Waals surface area (Å²) in [7, 11) is 3.68. The second kappa shape index (κ2) is 7.54. The average Bonchev–Trinajstić information content (AvgIpc) is 3.06. The van der Waals surface area contributed by atoms with Gasteiger partial charge in [-0.2, -0.15) is 0 Å². The summed E-state index contributed by atoms with van der Waals surface area (Å²) < 4.78 is 7.57. The molecular weight excluding hydrogens is 352 g/mol. The third-order valence-corrected chi connectivity index (χ3v) is 5.58. The van der Waals surface area contributed by atoms with Crippen LogP contribution in [0.15, 0.2) is 42.5 Å². The fourth-order valence-electron chi connectivity index (χ4n) is 4.06. The van der Waals surface area contributed by atoms with Crippen molar-refractivity contribution >= 4 is 22.8 Å². The van der Waals surface area contributed by atoms with Crippen LogP contribution < -0.4 is 10.1 Å². The van der Waals surface area contributed by atoms with E-state index >= 15 is 0 Å². The Kier molecular flexibility index (Phi) is 4.94. The van der Waals surface area contributed by atoms with E-state index in [2.05, 4.69) is 23.0 Å². The molecule has 4 rings (SSSR count). The molecule has 0 unspecified atom stereocenters. The fraction of sp³-hybridized carbons (Fsp3) is 0.364. The Morgan fingerprint density at radius 2 is 2.04 bits per heavy atom. The number of urea groups is 1. The maximum absolute atomic E-state index is 13.0. The van der Waals surface area contributed by atoms with Crippen LogP contribution in [0.25, 0.3) is 11.0 Å². The molecule has 1 aliphatic heterocycles. The van der Waals surface area contributed by atoms with Crippen LogP contribution in [-0.2, 0) is 7.05 Å². The maximum Gasteiger partial charge on any atom is 0.321 e. The average molecular weight is 378 g/mol. The van der Waals surface area contributed by atoms with Gasteiger partial charge in [-0.3, -0.25) is 0 Å². The van der Waals surface area contributed by atoms with Gasteiger partial charge in [-0.05, 0) is 43.5 Å². The number of ether oxygens (including phenoxy) is 1. The lowest BCUT2D eigenvalue weighted by molar-refractivity contribution is 0.191. The number of hydrogen-bond acceptors (Lipinski definition) is 3. The highest BCUT2D eigenvalue weighted by Crippen LogP contribution is 2.31. The fourth-order valence-corrected chi connectivity index (χ4v) is 4.06. The van der Waals surface area contributed by atoms with Crippen molar-refractivity contribution in [1.29, 1.82) is 0 Å². The number of carbonyl (C=O) groups is 1. The molecule has 0 spiro atoms. The monoisotopic (exact) mass is 378 g/mol. The van der Waals surface area contributed by atoms with Gasteiger partial charge in [0.25, 0.3) is 0 Å². The number of aryl methyl sites for hydroxylation is 2. The van der Waals surface area contributed by atoms with Crippen molar-refractivity contribution in [3.8, 4) is 5.75 Å². The Labute approximate surface area is 165 Å². The number of aromatic nitrogens is 2. The topological polar surface area (TPSA) is 59.4 Å². The number of carbonyl (C=O) groups excluding carboxylic acids is 1. The SMILES string of the molecule is COc1cccc(C)c1NC(=O)N1CCC[C@H](c2nc3ccccc3n2C)C1. The summed E-state index contributed by atoms with van der Waals surface area (Å²) in [6.07, 6.45) is 2.00. The van der Waals surface area contributed by atoms with Crippen molar-refractivity contribution in [2.45, 2.75) is 25.7 Å². The van der Waals surface area contributed by atoms with Crippen molar-refractivity contribution in [2.75, 3.05) is 25.5 Å². The molecule has 3 aromatic rings. The number of imidazole rings is 1. The summed E-state index contributed by atoms with van der Waals surface area (Å²) in [6, 6.07) is 13.8. The van der Waals surface area contributed by atoms with Gasteiger partial charge < -0.3 is 19.5 Å². The van der Waals surface area contributed by atoms with Crippen LogP contribution in [-0.4, -0.2) is 40.7 Å². The Hall–Kier alpha value is -3.02. The lowest BCUT2D eigenvalue weighted by Crippen LogP contribution is -2.42. The zero-order valence-electron chi connectivity index (χ0n) is 16.6. The first-order valence-electron chi connectivity index (χ1n) is 9.69. The van der Waals surface area contributed by atoms with Gasteiger partial charge >= 0.3 is 6.03 Å². The predicted molar refractivity (Wildman–Crippen MR) is 111 cm³/mol. The van der Waals surface area contributed by atoms with Gasteiger partial charge in [-0.25, -0.2) is 9.78 Å². The molecule has 6 heteroatoms. The first-order valence-corrected chi connectivity index (χ1v) is 9.69. The molecule has 0 saturated carbocycles. The zero-order chi connectivity index (χ0) is 19.7. The number of amides is 2. The molecule has 0 bridgehead atoms. The number of hydrogen-bond donors (Lipinski definition) is 1. The Morgan fingerprint density at radius 1 is 1.21 bits per heavy atom. The van der Waals surface area contributed by atoms with E-state index in [-0.39, 0.29) is 11.9 Å². The minimum Gasteiger partial charge on any atom is -0.495 e. The van der Waals surface area contributed by atoms with E-state index in [1.54, 1.807) is 7.11 Å². The molecule has 0 radical (unpaired) electrons. The number of nitrogens with one attached hydrogen (secondary N) is 1. The maximum atomic E-state index is 13.0. The number of methoxy groups -OCH3 is 1. The standard InChI is InChI=1S/C22H26N4O2/c1-15-8-6-12-19(28-3)20(15)24-22(27)26-13-7-9-16(14-26)21-23-17-10-4-5-11-18(17)25(21)2/h4-6,8,10-12,16H,7,9,13-14H2,1-3H3,(H,24,27)/t16-/m0/s1. The number of rotatable bonds is 3. The van der Waals surface area contributed by atoms with Gasteiger partial charge in [0, 0.05) is 26.1 Å². The number of nitrogens with zero attached hydrogens (tertiary/aromatic N) is 3. The zero-order valence-corrected chi connectivity index (χ0v) is 16.6. The lowest BCUT2D eigenvalue weighted by Gasteiger charge is -2.32. The van der Waals surface area contributed by atoms with E-state index in [1.165, 1.54) is 0 Å². The van der Waals surface area contributed by atoms with Crippen LogP contribution >= 0.6 is 0 Å². The summed E-state index contributed by atoms with van der Waals surface area (Å²) in [5.74, 6) is 1.96. The number of anilines is 1. The van der Waals surface area contributed by atoms with Gasteiger partial charge in [0.15, 0.2) is 0 Å². The Morgan fingerprint density at radius 3 is 2.82 bits per heavy atom. The quantitative estimate of drug-likeness (QED) is 0.739. The van der Waals surface area contributed by atoms with E-state index in [9.17, 15) is 4.79 Å². The summed E-state index contributed by atoms with van der Waals surface area (Å²) >= 11 is 0. The molecule has 1 fully saturated rings. The Bertz CT molecular complexity index is 1010. The van der Waals surface area contributed by atoms with Crippen molar-refractivity contribution < 1.29 is 9.53 Å². The molecular formula is C22H26N4O2. The predicted octanol–water partition coefficient (Wildman–Crippen LogP) is 4.30. The number of benzene rings is 2. The molecule has 2 aromatic carbocycles. The molecule has 1 saturated heterocycles. The van der Waals surface area contributed by atoms with Crippen molar-refractivity contribution in [3.05, 3.63) is 53.9 Å². The minimum atomic E-state index is -0.0870. The molecule has 2 heterocycles. The molecule has 1 N–H and O–H groups in total. The van der Waals surface area contributed by atoms with Gasteiger partial charge in [0.1, 0.15) is 11.6 Å². The smallest absolute Gasteiger partial charge is 0.321 e. The van der Waals surface area contributed by atoms with Crippen LogP contribution in [0.3, 0.4) is 0 Å². The molecule has 6 nitrogen and oxygen atoms in total. The highest BCUT2D eigenvalue weighted by Gasteiger charge is 2.28. The van der Waals surface area contributed by atoms with E-state index in [0.717, 1.165) is 47.5 Å². The van der Waals surface area contributed by atoms with Crippen molar-refractivity contribution in [1.82, 2.24) is 14.5 Å². The van der Waals surface area contributed by atoms with Gasteiger partial charge in [0.05, 0.1) is 23.8 Å². The number of fused-ring (bicyclic) bond motifs is 1. The lowest BCUT2D eigenvalue weighted by atomic mass is 9.97. The molecule has 28 heavy (non-hydrogen) atoms. The van der Waals surface area contributed by atoms with E-state index in [4.69, 9.17) is 9.72 Å². The Balaban J connectivity index is 1.54. The number of piperidine rings is 1. The summed E-state index contributed by atoms with van der Waals surface area (Å²) in [5.41, 5.74) is 3.85. The first-order chi connectivity index (χ1) is 13.6. The van der Waals surface area contributed by atoms with Crippen LogP contribution in [0.4, 0.5) is 10.5 Å². The largest absolute Gasteiger partial charge is 0.495 e. The van der Waals surface area contributed by atoms with Crippen molar-refractivity contribution in [2.24, 2.45) is 7.05 Å². The number of para-hydroxylation sites is 3. The van der Waals surface area contributed by atoms with Gasteiger partial charge in [-0.15, -0.1) is 0 Å². The normalized spacial score (nSPS) is 17.0. The van der Waals surface area contributed by atoms with E-state index in [1.807, 2.05) is 48.2 Å². The third kappa shape index (κ3) is 3.30. The highest BCUT2D eigenvalue weighted by atomic mass is 16.5. The molecule has 0 aliphatic carbocycles. The van der Waals surface area contributed by atoms with Crippen LogP contribution in [0.5, 0.6) is 5.75 Å². The van der Waals surface area contributed by atoms with Gasteiger partial charge in [0.2, 0.25) is 0 Å². The molecule has 1 aromatic heterocycles. The third-order valence-electron chi connectivity index (χ3n) is 5.58. The van der Waals surface area contributed by atoms with Crippen LogP contribution in [0.2, 0.25) is 0 Å². The van der Waals surface area contributed by atoms with Crippen molar-refractivity contribution in [3.63, 3.8) is 0 Å². The van der Waals surface area contributed by atoms with E-state index in [0.29, 0.717) is 12.3 Å².